The zero-order chi connectivity index (χ0) is 18.4. The lowest BCUT2D eigenvalue weighted by Crippen LogP contribution is -2.48. The predicted molar refractivity (Wildman–Crippen MR) is 95.6 cm³/mol. The quantitative estimate of drug-likeness (QED) is 0.415. The lowest BCUT2D eigenvalue weighted by Gasteiger charge is -2.36. The number of carbonyl (C=O) groups excluding carboxylic acids is 1. The average Bonchev–Trinajstić information content (AvgIpc) is 3.08. The van der Waals surface area contributed by atoms with Crippen molar-refractivity contribution in [3.8, 4) is 0 Å². The van der Waals surface area contributed by atoms with Crippen LogP contribution in [-0.2, 0) is 20.8 Å². The topological polar surface area (TPSA) is 79.4 Å². The van der Waals surface area contributed by atoms with Gasteiger partial charge in [-0.3, -0.25) is 13.9 Å². The number of hydrogen-bond acceptors (Lipinski definition) is 6. The second kappa shape index (κ2) is 9.94. The van der Waals surface area contributed by atoms with Crippen LogP contribution in [0.1, 0.15) is 19.3 Å². The van der Waals surface area contributed by atoms with Gasteiger partial charge in [0.25, 0.3) is 0 Å². The minimum Gasteiger partial charge on any atom is -0.760 e. The van der Waals surface area contributed by atoms with Crippen LogP contribution in [0, 0.1) is 0 Å². The van der Waals surface area contributed by atoms with Gasteiger partial charge >= 0.3 is 0 Å². The largest absolute Gasteiger partial charge is 0.760 e. The van der Waals surface area contributed by atoms with Crippen LogP contribution < -0.4 is 0 Å². The van der Waals surface area contributed by atoms with E-state index in [9.17, 15) is 13.6 Å². The van der Waals surface area contributed by atoms with Crippen molar-refractivity contribution in [1.82, 2.24) is 19.0 Å². The Morgan fingerprint density at radius 1 is 1.24 bits per heavy atom. The molecule has 9 heteroatoms. The maximum atomic E-state index is 12.3. The van der Waals surface area contributed by atoms with Gasteiger partial charge in [-0.05, 0) is 33.4 Å². The molecule has 0 aromatic heterocycles. The van der Waals surface area contributed by atoms with Crippen molar-refractivity contribution in [3.63, 3.8) is 0 Å². The molecule has 2 rings (SSSR count). The molecule has 2 fully saturated rings. The first-order valence-corrected chi connectivity index (χ1v) is 9.98. The van der Waals surface area contributed by atoms with Crippen molar-refractivity contribution in [3.05, 3.63) is 0 Å². The Labute approximate surface area is 153 Å². The third-order valence-electron chi connectivity index (χ3n) is 5.40. The second-order valence-electron chi connectivity index (χ2n) is 7.09. The van der Waals surface area contributed by atoms with Gasteiger partial charge in [-0.2, -0.15) is 0 Å². The van der Waals surface area contributed by atoms with Crippen molar-refractivity contribution >= 4 is 17.2 Å². The molecule has 1 saturated heterocycles. The van der Waals surface area contributed by atoms with Gasteiger partial charge in [0.1, 0.15) is 6.61 Å². The van der Waals surface area contributed by atoms with Gasteiger partial charge in [0, 0.05) is 63.1 Å². The first-order chi connectivity index (χ1) is 11.9. The van der Waals surface area contributed by atoms with E-state index in [4.69, 9.17) is 4.74 Å². The number of nitrogens with zero attached hydrogens (tertiary/aromatic N) is 4. The summed E-state index contributed by atoms with van der Waals surface area (Å²) in [5.74, 6) is -0.0325. The van der Waals surface area contributed by atoms with E-state index in [2.05, 4.69) is 16.8 Å². The Bertz CT molecular complexity index is 459. The van der Waals surface area contributed by atoms with E-state index in [-0.39, 0.29) is 31.7 Å². The number of ether oxygens (including phenoxy) is 1. The number of carbonyl (C=O) groups is 1. The number of amides is 1. The first-order valence-electron chi connectivity index (χ1n) is 8.95. The summed E-state index contributed by atoms with van der Waals surface area (Å²) in [6, 6.07) is 0.855. The molecule has 146 valence electrons. The zero-order valence-corrected chi connectivity index (χ0v) is 16.4. The Morgan fingerprint density at radius 2 is 1.92 bits per heavy atom. The fraction of sp³-hybridized carbons (Fsp3) is 0.938. The fourth-order valence-corrected chi connectivity index (χ4v) is 3.76. The first kappa shape index (κ1) is 20.7. The molecule has 25 heavy (non-hydrogen) atoms. The van der Waals surface area contributed by atoms with Gasteiger partial charge in [0.05, 0.1) is 6.61 Å². The van der Waals surface area contributed by atoms with Crippen LogP contribution in [0.4, 0.5) is 0 Å². The molecule has 0 aromatic rings. The predicted octanol–water partition coefficient (Wildman–Crippen LogP) is -0.644. The highest BCUT2D eigenvalue weighted by Crippen LogP contribution is 2.28. The van der Waals surface area contributed by atoms with E-state index >= 15 is 0 Å². The molecule has 1 saturated carbocycles. The molecule has 3 atom stereocenters. The summed E-state index contributed by atoms with van der Waals surface area (Å²) in [5.41, 5.74) is 0. The Balaban J connectivity index is 1.67. The van der Waals surface area contributed by atoms with Gasteiger partial charge in [-0.15, -0.1) is 0 Å². The SMILES string of the molecule is CN1CCN([C@H]2CC[C@@H](N(C)C(=O)COCCN(C)S(=O)[O-])C2)CC1. The third kappa shape index (κ3) is 6.26. The van der Waals surface area contributed by atoms with Gasteiger partial charge in [0.15, 0.2) is 0 Å². The van der Waals surface area contributed by atoms with Crippen molar-refractivity contribution < 1.29 is 18.3 Å². The molecule has 1 aliphatic heterocycles. The van der Waals surface area contributed by atoms with Gasteiger partial charge < -0.3 is 19.1 Å². The van der Waals surface area contributed by atoms with E-state index in [1.54, 1.807) is 0 Å². The molecule has 0 N–H and O–H groups in total. The van der Waals surface area contributed by atoms with E-state index in [0.717, 1.165) is 49.7 Å². The maximum absolute atomic E-state index is 12.3. The van der Waals surface area contributed by atoms with Gasteiger partial charge in [-0.25, -0.2) is 4.31 Å². The molecule has 8 nitrogen and oxygen atoms in total. The molecule has 1 amide bonds. The number of likely N-dealkylation sites (N-methyl/N-ethyl adjacent to an activating group) is 3. The zero-order valence-electron chi connectivity index (χ0n) is 15.6. The monoisotopic (exact) mass is 375 g/mol. The molecular weight excluding hydrogens is 344 g/mol. The van der Waals surface area contributed by atoms with E-state index in [1.807, 2.05) is 11.9 Å². The van der Waals surface area contributed by atoms with Crippen molar-refractivity contribution in [2.45, 2.75) is 31.3 Å². The molecule has 1 unspecified atom stereocenters. The minimum atomic E-state index is -2.24. The molecule has 0 aromatic carbocycles. The van der Waals surface area contributed by atoms with Crippen molar-refractivity contribution in [1.29, 1.82) is 0 Å². The smallest absolute Gasteiger partial charge is 0.248 e. The van der Waals surface area contributed by atoms with E-state index in [0.29, 0.717) is 6.04 Å². The summed E-state index contributed by atoms with van der Waals surface area (Å²) >= 11 is -2.24. The van der Waals surface area contributed by atoms with Gasteiger partial charge in [0.2, 0.25) is 5.91 Å². The van der Waals surface area contributed by atoms with Crippen molar-refractivity contribution in [2.75, 3.05) is 67.1 Å². The van der Waals surface area contributed by atoms with E-state index in [1.165, 1.54) is 7.05 Å². The summed E-state index contributed by atoms with van der Waals surface area (Å²) in [5, 5.41) is 0. The molecule has 0 radical (unpaired) electrons. The van der Waals surface area contributed by atoms with Crippen LogP contribution in [-0.4, -0.2) is 113 Å². The summed E-state index contributed by atoms with van der Waals surface area (Å²) in [6.07, 6.45) is 3.22. The summed E-state index contributed by atoms with van der Waals surface area (Å²) in [4.78, 5) is 19.0. The maximum Gasteiger partial charge on any atom is 0.248 e. The van der Waals surface area contributed by atoms with Crippen LogP contribution in [0.5, 0.6) is 0 Å². The Morgan fingerprint density at radius 3 is 2.56 bits per heavy atom. The molecular formula is C16H31N4O4S-. The van der Waals surface area contributed by atoms with Crippen LogP contribution in [0.15, 0.2) is 0 Å². The van der Waals surface area contributed by atoms with E-state index < -0.39 is 11.3 Å². The normalized spacial score (nSPS) is 26.9. The number of hydrogen-bond donors (Lipinski definition) is 0. The minimum absolute atomic E-state index is 0.00546. The summed E-state index contributed by atoms with van der Waals surface area (Å²) in [7, 11) is 5.48. The standard InChI is InChI=1S/C16H32N4O4S/c1-17-6-8-20(9-7-17)15-5-4-14(12-15)19(3)16(21)13-24-11-10-18(2)25(22)23/h14-15H,4-13H2,1-3H3,(H,22,23)/p-1/t14-,15+/m1/s1. The molecule has 1 aliphatic carbocycles. The highest BCUT2D eigenvalue weighted by molar-refractivity contribution is 7.76. The molecule has 2 aliphatic rings. The summed E-state index contributed by atoms with van der Waals surface area (Å²) < 4.78 is 27.8. The Hall–Kier alpha value is -0.580. The Kier molecular flexibility index (Phi) is 8.24. The van der Waals surface area contributed by atoms with Crippen LogP contribution >= 0.6 is 0 Å². The third-order valence-corrected chi connectivity index (χ3v) is 6.09. The fourth-order valence-electron chi connectivity index (χ4n) is 3.54. The second-order valence-corrected chi connectivity index (χ2v) is 8.14. The lowest BCUT2D eigenvalue weighted by molar-refractivity contribution is -0.136. The van der Waals surface area contributed by atoms with Crippen LogP contribution in [0.25, 0.3) is 0 Å². The average molecular weight is 376 g/mol. The highest BCUT2D eigenvalue weighted by atomic mass is 32.2. The number of rotatable bonds is 8. The van der Waals surface area contributed by atoms with Crippen LogP contribution in [0.2, 0.25) is 0 Å². The highest BCUT2D eigenvalue weighted by Gasteiger charge is 2.33. The summed E-state index contributed by atoms with van der Waals surface area (Å²) in [6.45, 7) is 4.94. The molecule has 1 heterocycles. The molecule has 0 bridgehead atoms. The lowest BCUT2D eigenvalue weighted by atomic mass is 10.1. The number of piperazine rings is 1. The van der Waals surface area contributed by atoms with Crippen molar-refractivity contribution in [2.24, 2.45) is 0 Å². The van der Waals surface area contributed by atoms with Gasteiger partial charge in [-0.1, -0.05) is 0 Å². The van der Waals surface area contributed by atoms with Crippen LogP contribution in [0.3, 0.4) is 0 Å². The molecule has 0 spiro atoms.